The van der Waals surface area contributed by atoms with E-state index in [4.69, 9.17) is 9.84 Å². The van der Waals surface area contributed by atoms with Crippen molar-refractivity contribution in [2.24, 2.45) is 0 Å². The lowest BCUT2D eigenvalue weighted by Gasteiger charge is -2.21. The highest BCUT2D eigenvalue weighted by molar-refractivity contribution is 5.74. The van der Waals surface area contributed by atoms with Crippen molar-refractivity contribution in [3.05, 3.63) is 35.9 Å². The second-order valence-electron chi connectivity index (χ2n) is 3.71. The van der Waals surface area contributed by atoms with Gasteiger partial charge in [-0.2, -0.15) is 0 Å². The van der Waals surface area contributed by atoms with Gasteiger partial charge in [0.2, 0.25) is 0 Å². The molecular formula is C12H16O4. The van der Waals surface area contributed by atoms with Gasteiger partial charge in [0, 0.05) is 0 Å². The van der Waals surface area contributed by atoms with E-state index in [0.717, 1.165) is 0 Å². The van der Waals surface area contributed by atoms with Gasteiger partial charge in [0.05, 0.1) is 12.2 Å². The van der Waals surface area contributed by atoms with Gasteiger partial charge >= 0.3 is 5.97 Å². The van der Waals surface area contributed by atoms with Gasteiger partial charge in [0.25, 0.3) is 0 Å². The van der Waals surface area contributed by atoms with Gasteiger partial charge in [-0.3, -0.25) is 0 Å². The minimum atomic E-state index is -1.06. The van der Waals surface area contributed by atoms with Crippen LogP contribution in [-0.2, 0) is 9.53 Å². The third kappa shape index (κ3) is 3.32. The molecule has 0 radical (unpaired) electrons. The summed E-state index contributed by atoms with van der Waals surface area (Å²) in [4.78, 5) is 11.1. The summed E-state index contributed by atoms with van der Waals surface area (Å²) in [7, 11) is 0. The van der Waals surface area contributed by atoms with E-state index in [0.29, 0.717) is 5.56 Å². The monoisotopic (exact) mass is 224 g/mol. The molecular weight excluding hydrogens is 208 g/mol. The van der Waals surface area contributed by atoms with Gasteiger partial charge in [-0.25, -0.2) is 4.79 Å². The average molecular weight is 224 g/mol. The SMILES string of the molecule is CC(O)C(C)OC(C(=O)O)c1ccccc1. The molecule has 16 heavy (non-hydrogen) atoms. The van der Waals surface area contributed by atoms with E-state index >= 15 is 0 Å². The van der Waals surface area contributed by atoms with Crippen molar-refractivity contribution in [2.75, 3.05) is 0 Å². The van der Waals surface area contributed by atoms with Crippen molar-refractivity contribution in [2.45, 2.75) is 32.2 Å². The number of aliphatic carboxylic acids is 1. The van der Waals surface area contributed by atoms with Gasteiger partial charge in [0.15, 0.2) is 6.10 Å². The summed E-state index contributed by atoms with van der Waals surface area (Å²) in [5.41, 5.74) is 0.572. The molecule has 0 heterocycles. The molecule has 0 saturated heterocycles. The Morgan fingerprint density at radius 1 is 1.25 bits per heavy atom. The van der Waals surface area contributed by atoms with Crippen LogP contribution in [0.5, 0.6) is 0 Å². The maximum Gasteiger partial charge on any atom is 0.337 e. The normalized spacial score (nSPS) is 16.4. The Bertz CT molecular complexity index is 334. The smallest absolute Gasteiger partial charge is 0.337 e. The summed E-state index contributed by atoms with van der Waals surface area (Å²) in [5.74, 6) is -1.06. The Morgan fingerprint density at radius 3 is 2.25 bits per heavy atom. The van der Waals surface area contributed by atoms with Crippen LogP contribution < -0.4 is 0 Å². The third-order valence-electron chi connectivity index (χ3n) is 2.36. The molecule has 3 unspecified atom stereocenters. The number of aliphatic hydroxyl groups is 1. The molecule has 2 N–H and O–H groups in total. The van der Waals surface area contributed by atoms with E-state index in [1.807, 2.05) is 0 Å². The van der Waals surface area contributed by atoms with Crippen LogP contribution in [0.15, 0.2) is 30.3 Å². The Labute approximate surface area is 94.5 Å². The standard InChI is InChI=1S/C12H16O4/c1-8(13)9(2)16-11(12(14)15)10-6-4-3-5-7-10/h3-9,11,13H,1-2H3,(H,14,15). The fraction of sp³-hybridized carbons (Fsp3) is 0.417. The number of aliphatic hydroxyl groups excluding tert-OH is 1. The molecule has 1 aromatic carbocycles. The van der Waals surface area contributed by atoms with Gasteiger partial charge in [-0.1, -0.05) is 30.3 Å². The topological polar surface area (TPSA) is 66.8 Å². The Balaban J connectivity index is 2.81. The molecule has 0 aliphatic carbocycles. The maximum atomic E-state index is 11.1. The number of hydrogen-bond donors (Lipinski definition) is 2. The number of carboxylic acid groups (broad SMARTS) is 1. The summed E-state index contributed by atoms with van der Waals surface area (Å²) in [6.07, 6.45) is -2.27. The van der Waals surface area contributed by atoms with E-state index in [-0.39, 0.29) is 0 Å². The maximum absolute atomic E-state index is 11.1. The lowest BCUT2D eigenvalue weighted by molar-refractivity contribution is -0.158. The molecule has 1 rings (SSSR count). The number of carbonyl (C=O) groups is 1. The molecule has 3 atom stereocenters. The number of hydrogen-bond acceptors (Lipinski definition) is 3. The van der Waals surface area contributed by atoms with E-state index in [1.165, 1.54) is 0 Å². The molecule has 0 aliphatic heterocycles. The largest absolute Gasteiger partial charge is 0.479 e. The van der Waals surface area contributed by atoms with Crippen molar-refractivity contribution in [1.29, 1.82) is 0 Å². The summed E-state index contributed by atoms with van der Waals surface area (Å²) in [6.45, 7) is 3.21. The van der Waals surface area contributed by atoms with Crippen molar-refractivity contribution in [3.63, 3.8) is 0 Å². The summed E-state index contributed by atoms with van der Waals surface area (Å²) < 4.78 is 5.31. The van der Waals surface area contributed by atoms with Gasteiger partial charge in [-0.15, -0.1) is 0 Å². The van der Waals surface area contributed by atoms with E-state index < -0.39 is 24.3 Å². The Hall–Kier alpha value is -1.39. The van der Waals surface area contributed by atoms with Crippen LogP contribution in [0.2, 0.25) is 0 Å². The van der Waals surface area contributed by atoms with Crippen LogP contribution in [0.4, 0.5) is 0 Å². The average Bonchev–Trinajstić information content (AvgIpc) is 2.26. The van der Waals surface area contributed by atoms with E-state index in [2.05, 4.69) is 0 Å². The third-order valence-corrected chi connectivity index (χ3v) is 2.36. The molecule has 88 valence electrons. The van der Waals surface area contributed by atoms with E-state index in [9.17, 15) is 9.90 Å². The first kappa shape index (κ1) is 12.7. The van der Waals surface area contributed by atoms with Crippen LogP contribution in [0, 0.1) is 0 Å². The summed E-state index contributed by atoms with van der Waals surface area (Å²) >= 11 is 0. The summed E-state index contributed by atoms with van der Waals surface area (Å²) in [6, 6.07) is 8.69. The van der Waals surface area contributed by atoms with E-state index in [1.54, 1.807) is 44.2 Å². The highest BCUT2D eigenvalue weighted by Crippen LogP contribution is 2.20. The minimum absolute atomic E-state index is 0.527. The first-order valence-corrected chi connectivity index (χ1v) is 5.13. The summed E-state index contributed by atoms with van der Waals surface area (Å²) in [5, 5.41) is 18.3. The van der Waals surface area contributed by atoms with Crippen molar-refractivity contribution in [1.82, 2.24) is 0 Å². The molecule has 0 fully saturated rings. The molecule has 0 spiro atoms. The van der Waals surface area contributed by atoms with Crippen molar-refractivity contribution < 1.29 is 19.7 Å². The predicted molar refractivity (Wildman–Crippen MR) is 59.0 cm³/mol. The van der Waals surface area contributed by atoms with Crippen molar-refractivity contribution >= 4 is 5.97 Å². The fourth-order valence-electron chi connectivity index (χ4n) is 1.24. The number of rotatable bonds is 5. The van der Waals surface area contributed by atoms with Gasteiger partial charge < -0.3 is 14.9 Å². The molecule has 1 aromatic rings. The quantitative estimate of drug-likeness (QED) is 0.797. The Kier molecular flexibility index (Phi) is 4.46. The van der Waals surface area contributed by atoms with Crippen LogP contribution in [0.25, 0.3) is 0 Å². The molecule has 4 nitrogen and oxygen atoms in total. The van der Waals surface area contributed by atoms with Crippen LogP contribution in [-0.4, -0.2) is 28.4 Å². The number of benzene rings is 1. The van der Waals surface area contributed by atoms with Crippen LogP contribution in [0.3, 0.4) is 0 Å². The van der Waals surface area contributed by atoms with Crippen LogP contribution >= 0.6 is 0 Å². The molecule has 4 heteroatoms. The second-order valence-corrected chi connectivity index (χ2v) is 3.71. The number of ether oxygens (including phenoxy) is 1. The number of carboxylic acids is 1. The molecule has 0 saturated carbocycles. The zero-order valence-electron chi connectivity index (χ0n) is 9.33. The molecule has 0 amide bonds. The zero-order chi connectivity index (χ0) is 12.1. The lowest BCUT2D eigenvalue weighted by atomic mass is 10.1. The second kappa shape index (κ2) is 5.63. The fourth-order valence-corrected chi connectivity index (χ4v) is 1.24. The van der Waals surface area contributed by atoms with Crippen LogP contribution in [0.1, 0.15) is 25.5 Å². The first-order valence-electron chi connectivity index (χ1n) is 5.13. The minimum Gasteiger partial charge on any atom is -0.479 e. The molecule has 0 aliphatic rings. The van der Waals surface area contributed by atoms with Gasteiger partial charge in [-0.05, 0) is 19.4 Å². The van der Waals surface area contributed by atoms with Gasteiger partial charge in [0.1, 0.15) is 0 Å². The molecule has 0 aromatic heterocycles. The lowest BCUT2D eigenvalue weighted by Crippen LogP contribution is -2.28. The molecule has 0 bridgehead atoms. The highest BCUT2D eigenvalue weighted by Gasteiger charge is 2.24. The van der Waals surface area contributed by atoms with Crippen molar-refractivity contribution in [3.8, 4) is 0 Å². The highest BCUT2D eigenvalue weighted by atomic mass is 16.5. The predicted octanol–water partition coefficient (Wildman–Crippen LogP) is 1.60. The first-order chi connectivity index (χ1) is 7.52. The zero-order valence-corrected chi connectivity index (χ0v) is 9.33. The Morgan fingerprint density at radius 2 is 1.81 bits per heavy atom.